The van der Waals surface area contributed by atoms with Crippen molar-refractivity contribution in [2.24, 2.45) is 5.41 Å². The van der Waals surface area contributed by atoms with Crippen molar-refractivity contribution in [1.82, 2.24) is 24.5 Å². The highest BCUT2D eigenvalue weighted by atomic mass is 16.7. The van der Waals surface area contributed by atoms with Gasteiger partial charge in [-0.25, -0.2) is 19.4 Å². The quantitative estimate of drug-likeness (QED) is 0.715. The van der Waals surface area contributed by atoms with Gasteiger partial charge in [0.1, 0.15) is 12.7 Å². The number of carbonyl (C=O) groups is 1. The third-order valence-corrected chi connectivity index (χ3v) is 2.99. The van der Waals surface area contributed by atoms with Crippen LogP contribution in [0.3, 0.4) is 0 Å². The van der Waals surface area contributed by atoms with E-state index in [1.54, 1.807) is 44.2 Å². The normalized spacial score (nSPS) is 11.8. The molecule has 21 heavy (non-hydrogen) atoms. The van der Waals surface area contributed by atoms with Gasteiger partial charge < -0.3 is 4.84 Å². The molecule has 7 heteroatoms. The molecular formula is C14H15N5O2. The van der Waals surface area contributed by atoms with Gasteiger partial charge in [-0.1, -0.05) is 0 Å². The number of carbonyl (C=O) groups excluding carboxylic acids is 1. The third kappa shape index (κ3) is 2.37. The van der Waals surface area contributed by atoms with Crippen LogP contribution < -0.4 is 4.84 Å². The first-order valence-corrected chi connectivity index (χ1v) is 6.50. The largest absolute Gasteiger partial charge is 0.338 e. The van der Waals surface area contributed by atoms with Crippen LogP contribution in [-0.2, 0) is 4.79 Å². The molecule has 0 amide bonds. The minimum Gasteiger partial charge on any atom is -0.334 e. The Balaban J connectivity index is 2.04. The van der Waals surface area contributed by atoms with Crippen LogP contribution in [-0.4, -0.2) is 30.4 Å². The molecule has 3 rings (SSSR count). The van der Waals surface area contributed by atoms with Crippen molar-refractivity contribution in [2.75, 3.05) is 0 Å². The van der Waals surface area contributed by atoms with Gasteiger partial charge in [-0.3, -0.25) is 0 Å². The molecule has 0 spiro atoms. The predicted molar refractivity (Wildman–Crippen MR) is 75.7 cm³/mol. The summed E-state index contributed by atoms with van der Waals surface area (Å²) in [6, 6.07) is 3.65. The average molecular weight is 285 g/mol. The third-order valence-electron chi connectivity index (χ3n) is 2.99. The molecule has 0 aliphatic carbocycles. The smallest absolute Gasteiger partial charge is 0.334 e. The lowest BCUT2D eigenvalue weighted by Gasteiger charge is -2.16. The molecular weight excluding hydrogens is 270 g/mol. The van der Waals surface area contributed by atoms with E-state index in [2.05, 4.69) is 15.1 Å². The van der Waals surface area contributed by atoms with E-state index in [1.807, 2.05) is 12.1 Å². The standard InChI is InChI=1S/C14H15N5O2/c1-14(2,3)13(20)21-19-7-5-10-11(4-6-16-12(10)19)18-9-15-8-17-18/h4-9H,1-3H3. The van der Waals surface area contributed by atoms with Gasteiger partial charge in [-0.15, -0.1) is 0 Å². The van der Waals surface area contributed by atoms with Crippen LogP contribution in [0.2, 0.25) is 0 Å². The molecule has 3 aromatic rings. The first-order chi connectivity index (χ1) is 9.97. The number of fused-ring (bicyclic) bond motifs is 1. The van der Waals surface area contributed by atoms with Crippen LogP contribution in [0.4, 0.5) is 0 Å². The number of nitrogens with zero attached hydrogens (tertiary/aromatic N) is 5. The molecule has 0 aliphatic rings. The Labute approximate surface area is 121 Å². The molecule has 0 N–H and O–H groups in total. The molecule has 0 radical (unpaired) electrons. The maximum atomic E-state index is 12.0. The number of hydrogen-bond acceptors (Lipinski definition) is 5. The Hall–Kier alpha value is -2.70. The van der Waals surface area contributed by atoms with Crippen molar-refractivity contribution < 1.29 is 9.63 Å². The van der Waals surface area contributed by atoms with Gasteiger partial charge in [0.2, 0.25) is 0 Å². The fraction of sp³-hybridized carbons (Fsp3) is 0.286. The predicted octanol–water partition coefficient (Wildman–Crippen LogP) is 1.62. The fourth-order valence-corrected chi connectivity index (χ4v) is 1.83. The van der Waals surface area contributed by atoms with Crippen LogP contribution in [0.5, 0.6) is 0 Å². The summed E-state index contributed by atoms with van der Waals surface area (Å²) in [6.45, 7) is 5.40. The van der Waals surface area contributed by atoms with Crippen LogP contribution >= 0.6 is 0 Å². The zero-order valence-corrected chi connectivity index (χ0v) is 12.0. The SMILES string of the molecule is CC(C)(C)C(=O)On1ccc2c(-n3cncn3)ccnc21. The Kier molecular flexibility index (Phi) is 2.97. The summed E-state index contributed by atoms with van der Waals surface area (Å²) in [5.41, 5.74) is 0.795. The van der Waals surface area contributed by atoms with E-state index in [0.717, 1.165) is 11.1 Å². The van der Waals surface area contributed by atoms with E-state index in [1.165, 1.54) is 11.1 Å². The maximum absolute atomic E-state index is 12.0. The Bertz CT molecular complexity index is 783. The fourth-order valence-electron chi connectivity index (χ4n) is 1.83. The van der Waals surface area contributed by atoms with E-state index >= 15 is 0 Å². The molecule has 3 heterocycles. The second-order valence-corrected chi connectivity index (χ2v) is 5.68. The Morgan fingerprint density at radius 3 is 2.76 bits per heavy atom. The Morgan fingerprint density at radius 2 is 2.10 bits per heavy atom. The minimum atomic E-state index is -0.583. The van der Waals surface area contributed by atoms with Gasteiger partial charge in [0, 0.05) is 17.8 Å². The van der Waals surface area contributed by atoms with Crippen molar-refractivity contribution in [2.45, 2.75) is 20.8 Å². The summed E-state index contributed by atoms with van der Waals surface area (Å²) in [5.74, 6) is -0.326. The second-order valence-electron chi connectivity index (χ2n) is 5.68. The molecule has 7 nitrogen and oxygen atoms in total. The van der Waals surface area contributed by atoms with Gasteiger partial charge in [-0.05, 0) is 32.9 Å². The summed E-state index contributed by atoms with van der Waals surface area (Å²) in [5, 5.41) is 4.93. The van der Waals surface area contributed by atoms with Crippen LogP contribution in [0.1, 0.15) is 20.8 Å². The highest BCUT2D eigenvalue weighted by Gasteiger charge is 2.25. The second kappa shape index (κ2) is 4.69. The zero-order valence-electron chi connectivity index (χ0n) is 12.0. The monoisotopic (exact) mass is 285 g/mol. The van der Waals surface area contributed by atoms with Gasteiger partial charge in [0.05, 0.1) is 11.1 Å². The number of rotatable bonds is 2. The van der Waals surface area contributed by atoms with E-state index in [4.69, 9.17) is 4.84 Å². The highest BCUT2D eigenvalue weighted by Crippen LogP contribution is 2.21. The molecule has 0 aromatic carbocycles. The van der Waals surface area contributed by atoms with Crippen molar-refractivity contribution in [1.29, 1.82) is 0 Å². The number of pyridine rings is 1. The van der Waals surface area contributed by atoms with E-state index in [-0.39, 0.29) is 5.97 Å². The summed E-state index contributed by atoms with van der Waals surface area (Å²) in [6.07, 6.45) is 6.37. The van der Waals surface area contributed by atoms with Crippen molar-refractivity contribution in [3.8, 4) is 5.69 Å². The minimum absolute atomic E-state index is 0.326. The summed E-state index contributed by atoms with van der Waals surface area (Å²) >= 11 is 0. The summed E-state index contributed by atoms with van der Waals surface area (Å²) in [4.78, 5) is 25.6. The van der Waals surface area contributed by atoms with E-state index < -0.39 is 5.41 Å². The van der Waals surface area contributed by atoms with Gasteiger partial charge in [0.25, 0.3) is 0 Å². The number of hydrogen-bond donors (Lipinski definition) is 0. The topological polar surface area (TPSA) is 74.8 Å². The van der Waals surface area contributed by atoms with Crippen LogP contribution in [0.25, 0.3) is 16.7 Å². The molecule has 0 saturated carbocycles. The van der Waals surface area contributed by atoms with Gasteiger partial charge in [0.15, 0.2) is 5.65 Å². The molecule has 0 atom stereocenters. The summed E-state index contributed by atoms with van der Waals surface area (Å²) in [7, 11) is 0. The average Bonchev–Trinajstić information content (AvgIpc) is 3.07. The first kappa shape index (κ1) is 13.3. The molecule has 108 valence electrons. The lowest BCUT2D eigenvalue weighted by molar-refractivity contribution is -0.152. The van der Waals surface area contributed by atoms with E-state index in [0.29, 0.717) is 5.65 Å². The molecule has 0 aliphatic heterocycles. The molecule has 3 aromatic heterocycles. The van der Waals surface area contributed by atoms with Crippen molar-refractivity contribution >= 4 is 17.0 Å². The lowest BCUT2D eigenvalue weighted by atomic mass is 9.98. The maximum Gasteiger partial charge on any atom is 0.338 e. The molecule has 0 saturated heterocycles. The zero-order chi connectivity index (χ0) is 15.0. The molecule has 0 unspecified atom stereocenters. The summed E-state index contributed by atoms with van der Waals surface area (Å²) < 4.78 is 3.02. The van der Waals surface area contributed by atoms with Crippen LogP contribution in [0.15, 0.2) is 37.2 Å². The Morgan fingerprint density at radius 1 is 1.29 bits per heavy atom. The molecule has 0 bridgehead atoms. The van der Waals surface area contributed by atoms with E-state index in [9.17, 15) is 4.79 Å². The molecule has 0 fully saturated rings. The van der Waals surface area contributed by atoms with Gasteiger partial charge in [-0.2, -0.15) is 9.83 Å². The van der Waals surface area contributed by atoms with Crippen molar-refractivity contribution in [3.63, 3.8) is 0 Å². The first-order valence-electron chi connectivity index (χ1n) is 6.50. The van der Waals surface area contributed by atoms with Gasteiger partial charge >= 0.3 is 5.97 Å². The number of aromatic nitrogens is 5. The lowest BCUT2D eigenvalue weighted by Crippen LogP contribution is -2.31. The van der Waals surface area contributed by atoms with Crippen molar-refractivity contribution in [3.05, 3.63) is 37.2 Å². The van der Waals surface area contributed by atoms with Crippen LogP contribution in [0, 0.1) is 5.41 Å². The highest BCUT2D eigenvalue weighted by molar-refractivity contribution is 5.85.